The van der Waals surface area contributed by atoms with Crippen LogP contribution in [-0.4, -0.2) is 16.0 Å². The molecule has 0 amide bonds. The number of rotatable bonds is 4. The molecule has 0 aromatic heterocycles. The molecule has 108 valence electrons. The summed E-state index contributed by atoms with van der Waals surface area (Å²) in [6.45, 7) is 1.71. The fourth-order valence-corrected chi connectivity index (χ4v) is 1.88. The van der Waals surface area contributed by atoms with Gasteiger partial charge < -0.3 is 10.4 Å². The lowest BCUT2D eigenvalue weighted by atomic mass is 10.1. The van der Waals surface area contributed by atoms with Gasteiger partial charge >= 0.3 is 11.7 Å². The largest absolute Gasteiger partial charge is 0.477 e. The van der Waals surface area contributed by atoms with Crippen molar-refractivity contribution in [2.75, 3.05) is 5.32 Å². The van der Waals surface area contributed by atoms with Crippen molar-refractivity contribution in [3.05, 3.63) is 63.5 Å². The lowest BCUT2D eigenvalue weighted by Crippen LogP contribution is -2.06. The summed E-state index contributed by atoms with van der Waals surface area (Å²) in [5, 5.41) is 22.6. The Bertz CT molecular complexity index is 731. The van der Waals surface area contributed by atoms with Crippen molar-refractivity contribution in [1.82, 2.24) is 0 Å². The first kappa shape index (κ1) is 14.4. The molecule has 0 bridgehead atoms. The van der Waals surface area contributed by atoms with Gasteiger partial charge in [-0.1, -0.05) is 12.1 Å². The summed E-state index contributed by atoms with van der Waals surface area (Å²) in [4.78, 5) is 21.3. The van der Waals surface area contributed by atoms with E-state index in [1.165, 1.54) is 24.3 Å². The number of carboxylic acids is 1. The second-order valence-electron chi connectivity index (χ2n) is 4.37. The zero-order chi connectivity index (χ0) is 15.6. The molecular formula is C14H11FN2O4. The monoisotopic (exact) mass is 290 g/mol. The van der Waals surface area contributed by atoms with Gasteiger partial charge in [-0.2, -0.15) is 0 Å². The van der Waals surface area contributed by atoms with Crippen LogP contribution >= 0.6 is 0 Å². The number of anilines is 2. The van der Waals surface area contributed by atoms with Gasteiger partial charge in [-0.25, -0.2) is 9.18 Å². The highest BCUT2D eigenvalue weighted by Gasteiger charge is 2.24. The molecule has 2 aromatic rings. The van der Waals surface area contributed by atoms with Crippen molar-refractivity contribution in [2.45, 2.75) is 6.92 Å². The van der Waals surface area contributed by atoms with Gasteiger partial charge in [0.2, 0.25) is 0 Å². The Kier molecular flexibility index (Phi) is 3.84. The highest BCUT2D eigenvalue weighted by Crippen LogP contribution is 2.32. The number of nitro benzene ring substituents is 1. The molecule has 0 aliphatic carbocycles. The molecule has 21 heavy (non-hydrogen) atoms. The molecule has 0 spiro atoms. The fraction of sp³-hybridized carbons (Fsp3) is 0.0714. The molecule has 2 rings (SSSR count). The first-order valence-electron chi connectivity index (χ1n) is 5.94. The Morgan fingerprint density at radius 1 is 1.29 bits per heavy atom. The fourth-order valence-electron chi connectivity index (χ4n) is 1.88. The van der Waals surface area contributed by atoms with Gasteiger partial charge in [0.25, 0.3) is 0 Å². The number of nitro groups is 1. The van der Waals surface area contributed by atoms with Gasteiger partial charge in [0.1, 0.15) is 17.1 Å². The maximum absolute atomic E-state index is 13.8. The summed E-state index contributed by atoms with van der Waals surface area (Å²) >= 11 is 0. The summed E-state index contributed by atoms with van der Waals surface area (Å²) in [6, 6.07) is 8.14. The standard InChI is InChI=1S/C14H11FN2O4/c1-8-5-6-11(10(15)7-8)16-12-4-2-3-9(14(18)19)13(12)17(20)21/h2-7,16H,1H3,(H,18,19). The smallest absolute Gasteiger partial charge is 0.342 e. The third kappa shape index (κ3) is 2.97. The van der Waals surface area contributed by atoms with E-state index in [2.05, 4.69) is 5.32 Å². The van der Waals surface area contributed by atoms with E-state index in [0.717, 1.165) is 6.07 Å². The van der Waals surface area contributed by atoms with Crippen molar-refractivity contribution < 1.29 is 19.2 Å². The molecule has 0 saturated carbocycles. The number of carbonyl (C=O) groups is 1. The van der Waals surface area contributed by atoms with Crippen molar-refractivity contribution in [3.8, 4) is 0 Å². The Balaban J connectivity index is 2.51. The average molecular weight is 290 g/mol. The normalized spacial score (nSPS) is 10.2. The predicted octanol–water partition coefficient (Wildman–Crippen LogP) is 3.48. The molecule has 0 radical (unpaired) electrons. The Labute approximate surface area is 119 Å². The maximum atomic E-state index is 13.8. The summed E-state index contributed by atoms with van der Waals surface area (Å²) in [6.07, 6.45) is 0. The number of benzene rings is 2. The molecule has 6 nitrogen and oxygen atoms in total. The van der Waals surface area contributed by atoms with Crippen LogP contribution in [0.25, 0.3) is 0 Å². The molecule has 2 N–H and O–H groups in total. The molecule has 0 unspecified atom stereocenters. The molecule has 0 atom stereocenters. The van der Waals surface area contributed by atoms with Crippen LogP contribution in [0, 0.1) is 22.9 Å². The molecule has 0 heterocycles. The van der Waals surface area contributed by atoms with E-state index < -0.39 is 28.0 Å². The van der Waals surface area contributed by atoms with Crippen LogP contribution in [0.15, 0.2) is 36.4 Å². The van der Waals surface area contributed by atoms with Crippen LogP contribution in [0.3, 0.4) is 0 Å². The van der Waals surface area contributed by atoms with Crippen LogP contribution in [0.2, 0.25) is 0 Å². The van der Waals surface area contributed by atoms with E-state index in [0.29, 0.717) is 5.56 Å². The van der Waals surface area contributed by atoms with Crippen molar-refractivity contribution in [2.24, 2.45) is 0 Å². The molecular weight excluding hydrogens is 279 g/mol. The minimum Gasteiger partial charge on any atom is -0.477 e. The quantitative estimate of drug-likeness (QED) is 0.664. The second-order valence-corrected chi connectivity index (χ2v) is 4.37. The molecule has 0 aliphatic heterocycles. The number of para-hydroxylation sites is 1. The van der Waals surface area contributed by atoms with Gasteiger partial charge in [-0.15, -0.1) is 0 Å². The summed E-state index contributed by atoms with van der Waals surface area (Å²) < 4.78 is 13.8. The summed E-state index contributed by atoms with van der Waals surface area (Å²) in [7, 11) is 0. The molecule has 0 saturated heterocycles. The summed E-state index contributed by atoms with van der Waals surface area (Å²) in [5.41, 5.74) is -0.414. The van der Waals surface area contributed by atoms with Crippen LogP contribution in [0.5, 0.6) is 0 Å². The zero-order valence-corrected chi connectivity index (χ0v) is 11.0. The van der Waals surface area contributed by atoms with Gasteiger partial charge in [0.15, 0.2) is 0 Å². The van der Waals surface area contributed by atoms with Crippen LogP contribution in [0.4, 0.5) is 21.5 Å². The van der Waals surface area contributed by atoms with Gasteiger partial charge in [-0.05, 0) is 36.8 Å². The Morgan fingerprint density at radius 3 is 2.57 bits per heavy atom. The maximum Gasteiger partial charge on any atom is 0.342 e. The van der Waals surface area contributed by atoms with Crippen molar-refractivity contribution >= 4 is 23.0 Å². The van der Waals surface area contributed by atoms with E-state index in [1.54, 1.807) is 13.0 Å². The van der Waals surface area contributed by atoms with E-state index in [1.807, 2.05) is 0 Å². The highest BCUT2D eigenvalue weighted by atomic mass is 19.1. The number of carboxylic acid groups (broad SMARTS) is 1. The van der Waals surface area contributed by atoms with E-state index in [9.17, 15) is 19.3 Å². The average Bonchev–Trinajstić information content (AvgIpc) is 2.41. The number of nitrogens with one attached hydrogen (secondary N) is 1. The van der Waals surface area contributed by atoms with Crippen LogP contribution in [0.1, 0.15) is 15.9 Å². The van der Waals surface area contributed by atoms with Crippen molar-refractivity contribution in [1.29, 1.82) is 0 Å². The number of hydrogen-bond acceptors (Lipinski definition) is 4. The number of aromatic carboxylic acids is 1. The minimum absolute atomic E-state index is 0.0336. The SMILES string of the molecule is Cc1ccc(Nc2cccc(C(=O)O)c2[N+](=O)[O-])c(F)c1. The van der Waals surface area contributed by atoms with Crippen molar-refractivity contribution in [3.63, 3.8) is 0 Å². The predicted molar refractivity (Wildman–Crippen MR) is 74.5 cm³/mol. The topological polar surface area (TPSA) is 92.5 Å². The highest BCUT2D eigenvalue weighted by molar-refractivity contribution is 5.96. The summed E-state index contributed by atoms with van der Waals surface area (Å²) in [5.74, 6) is -2.00. The van der Waals surface area contributed by atoms with E-state index in [-0.39, 0.29) is 11.4 Å². The van der Waals surface area contributed by atoms with Crippen LogP contribution < -0.4 is 5.32 Å². The lowest BCUT2D eigenvalue weighted by molar-refractivity contribution is -0.384. The first-order valence-corrected chi connectivity index (χ1v) is 5.94. The Hall–Kier alpha value is -2.96. The molecule has 0 fully saturated rings. The minimum atomic E-state index is -1.42. The molecule has 2 aromatic carbocycles. The van der Waals surface area contributed by atoms with Gasteiger partial charge in [-0.3, -0.25) is 10.1 Å². The van der Waals surface area contributed by atoms with Crippen LogP contribution in [-0.2, 0) is 0 Å². The van der Waals surface area contributed by atoms with Gasteiger partial charge in [0.05, 0.1) is 10.6 Å². The van der Waals surface area contributed by atoms with E-state index >= 15 is 0 Å². The lowest BCUT2D eigenvalue weighted by Gasteiger charge is -2.10. The third-order valence-electron chi connectivity index (χ3n) is 2.84. The first-order chi connectivity index (χ1) is 9.90. The Morgan fingerprint density at radius 2 is 2.00 bits per heavy atom. The number of halogens is 1. The van der Waals surface area contributed by atoms with Gasteiger partial charge in [0, 0.05) is 0 Å². The number of nitrogens with zero attached hydrogens (tertiary/aromatic N) is 1. The molecule has 0 aliphatic rings. The number of hydrogen-bond donors (Lipinski definition) is 2. The van der Waals surface area contributed by atoms with E-state index in [4.69, 9.17) is 5.11 Å². The zero-order valence-electron chi connectivity index (χ0n) is 11.0. The molecule has 7 heteroatoms. The number of aryl methyl sites for hydroxylation is 1. The second kappa shape index (κ2) is 5.58. The third-order valence-corrected chi connectivity index (χ3v) is 2.84.